The van der Waals surface area contributed by atoms with Crippen LogP contribution in [0.4, 0.5) is 0 Å². The molecule has 3 aliphatic heterocycles. The van der Waals surface area contributed by atoms with E-state index in [-0.39, 0.29) is 24.1 Å². The van der Waals surface area contributed by atoms with Gasteiger partial charge in [-0.1, -0.05) is 36.4 Å². The van der Waals surface area contributed by atoms with Crippen LogP contribution in [-0.4, -0.2) is 43.0 Å². The van der Waals surface area contributed by atoms with E-state index in [1.54, 1.807) is 0 Å². The van der Waals surface area contributed by atoms with Crippen molar-refractivity contribution in [2.45, 2.75) is 50.3 Å². The maximum atomic E-state index is 6.33. The van der Waals surface area contributed by atoms with Gasteiger partial charge in [0.1, 0.15) is 17.8 Å². The van der Waals surface area contributed by atoms with Gasteiger partial charge in [0.15, 0.2) is 12.1 Å². The lowest BCUT2D eigenvalue weighted by molar-refractivity contribution is -0.253. The average molecular weight is 341 g/mol. The molecule has 1 N–H and O–H groups in total. The van der Waals surface area contributed by atoms with Crippen molar-refractivity contribution in [3.05, 3.63) is 48.0 Å². The topological polar surface area (TPSA) is 49.0 Å². The fourth-order valence-electron chi connectivity index (χ4n) is 4.07. The summed E-state index contributed by atoms with van der Waals surface area (Å²) in [4.78, 5) is 0. The molecule has 5 heteroatoms. The number of ether oxygens (including phenoxy) is 4. The van der Waals surface area contributed by atoms with Crippen LogP contribution in [0.5, 0.6) is 0 Å². The van der Waals surface area contributed by atoms with Gasteiger partial charge in [0.25, 0.3) is 0 Å². The van der Waals surface area contributed by atoms with Gasteiger partial charge in [0.2, 0.25) is 0 Å². The average Bonchev–Trinajstić information content (AvgIpc) is 3.01. The van der Waals surface area contributed by atoms with Gasteiger partial charge < -0.3 is 24.3 Å². The number of hydrogen-bond donors (Lipinski definition) is 1. The molecule has 2 aromatic rings. The van der Waals surface area contributed by atoms with E-state index >= 15 is 0 Å². The Morgan fingerprint density at radius 2 is 1.84 bits per heavy atom. The van der Waals surface area contributed by atoms with E-state index in [0.717, 1.165) is 18.7 Å². The van der Waals surface area contributed by atoms with Gasteiger partial charge in [-0.15, -0.1) is 0 Å². The molecule has 0 aromatic heterocycles. The molecule has 132 valence electrons. The summed E-state index contributed by atoms with van der Waals surface area (Å²) in [6.07, 6.45) is -0.664. The van der Waals surface area contributed by atoms with Gasteiger partial charge in [-0.3, -0.25) is 0 Å². The highest BCUT2D eigenvalue weighted by Gasteiger charge is 2.64. The Morgan fingerprint density at radius 3 is 2.60 bits per heavy atom. The second-order valence-corrected chi connectivity index (χ2v) is 7.67. The zero-order valence-corrected chi connectivity index (χ0v) is 14.5. The minimum atomic E-state index is -0.626. The first-order chi connectivity index (χ1) is 12.0. The molecule has 0 amide bonds. The van der Waals surface area contributed by atoms with Crippen molar-refractivity contribution < 1.29 is 18.9 Å². The Balaban J connectivity index is 1.36. The van der Waals surface area contributed by atoms with Crippen molar-refractivity contribution in [2.24, 2.45) is 0 Å². The Kier molecular flexibility index (Phi) is 3.46. The molecule has 1 spiro atoms. The first kappa shape index (κ1) is 15.7. The van der Waals surface area contributed by atoms with Crippen LogP contribution in [0.15, 0.2) is 42.5 Å². The molecular weight excluding hydrogens is 318 g/mol. The Bertz CT molecular complexity index is 801. The van der Waals surface area contributed by atoms with Crippen LogP contribution < -0.4 is 5.32 Å². The first-order valence-corrected chi connectivity index (χ1v) is 8.88. The molecule has 3 saturated heterocycles. The van der Waals surface area contributed by atoms with Crippen LogP contribution in [0.1, 0.15) is 19.4 Å². The number of rotatable bonds is 3. The number of fused-ring (bicyclic) bond motifs is 2. The highest BCUT2D eigenvalue weighted by molar-refractivity contribution is 5.82. The summed E-state index contributed by atoms with van der Waals surface area (Å²) in [7, 11) is 0. The van der Waals surface area contributed by atoms with Crippen LogP contribution in [0.3, 0.4) is 0 Å². The fraction of sp³-hybridized carbons (Fsp3) is 0.500. The molecular formula is C20H23NO4. The van der Waals surface area contributed by atoms with E-state index in [0.29, 0.717) is 6.61 Å². The third-order valence-electron chi connectivity index (χ3n) is 5.35. The summed E-state index contributed by atoms with van der Waals surface area (Å²) in [6, 6.07) is 14.8. The van der Waals surface area contributed by atoms with E-state index in [1.165, 1.54) is 10.8 Å². The Morgan fingerprint density at radius 1 is 1.04 bits per heavy atom. The van der Waals surface area contributed by atoms with Crippen LogP contribution in [-0.2, 0) is 25.6 Å². The molecule has 0 radical (unpaired) electrons. The van der Waals surface area contributed by atoms with Crippen LogP contribution in [0.2, 0.25) is 0 Å². The minimum absolute atomic E-state index is 0.132. The van der Waals surface area contributed by atoms with Crippen molar-refractivity contribution in [1.29, 1.82) is 0 Å². The second-order valence-electron chi connectivity index (χ2n) is 7.67. The molecule has 0 bridgehead atoms. The molecule has 0 saturated carbocycles. The Hall–Kier alpha value is -1.50. The van der Waals surface area contributed by atoms with E-state index in [1.807, 2.05) is 13.8 Å². The van der Waals surface area contributed by atoms with Crippen molar-refractivity contribution in [1.82, 2.24) is 5.32 Å². The SMILES string of the molecule is CC1(C)O[C@H]2OC3(CNC3)[C@@H](OCc3ccc4ccccc4c3)[C@H]2O1. The van der Waals surface area contributed by atoms with E-state index in [9.17, 15) is 0 Å². The number of nitrogens with one attached hydrogen (secondary N) is 1. The predicted octanol–water partition coefficient (Wildman–Crippen LogP) is 2.57. The highest BCUT2D eigenvalue weighted by Crippen LogP contribution is 2.45. The molecule has 0 aliphatic carbocycles. The molecule has 5 nitrogen and oxygen atoms in total. The van der Waals surface area contributed by atoms with Gasteiger partial charge in [-0.25, -0.2) is 0 Å². The Labute approximate surface area is 147 Å². The lowest BCUT2D eigenvalue weighted by Crippen LogP contribution is -2.66. The standard InChI is InChI=1S/C20H23NO4/c1-19(2)23-16-17(20(11-21-12-20)25-18(16)24-19)22-10-13-7-8-14-5-3-4-6-15(14)9-13/h3-9,16-18,21H,10-12H2,1-2H3/t16-,17+,18+/m1/s1. The lowest BCUT2D eigenvalue weighted by atomic mass is 9.89. The summed E-state index contributed by atoms with van der Waals surface area (Å²) in [5, 5.41) is 5.76. The van der Waals surface area contributed by atoms with Crippen molar-refractivity contribution in [2.75, 3.05) is 13.1 Å². The monoisotopic (exact) mass is 341 g/mol. The summed E-state index contributed by atoms with van der Waals surface area (Å²) < 4.78 is 24.5. The number of benzene rings is 2. The molecule has 3 aliphatic rings. The van der Waals surface area contributed by atoms with Gasteiger partial charge in [-0.05, 0) is 36.2 Å². The zero-order valence-electron chi connectivity index (χ0n) is 14.5. The van der Waals surface area contributed by atoms with E-state index < -0.39 is 5.79 Å². The summed E-state index contributed by atoms with van der Waals surface area (Å²) in [5.41, 5.74) is 0.825. The molecule has 0 unspecified atom stereocenters. The van der Waals surface area contributed by atoms with Gasteiger partial charge in [0, 0.05) is 13.1 Å². The molecule has 3 heterocycles. The zero-order chi connectivity index (χ0) is 17.1. The smallest absolute Gasteiger partial charge is 0.190 e. The van der Waals surface area contributed by atoms with E-state index in [4.69, 9.17) is 18.9 Å². The number of hydrogen-bond acceptors (Lipinski definition) is 5. The van der Waals surface area contributed by atoms with E-state index in [2.05, 4.69) is 47.8 Å². The highest BCUT2D eigenvalue weighted by atomic mass is 16.8. The van der Waals surface area contributed by atoms with Gasteiger partial charge in [0.05, 0.1) is 6.61 Å². The molecule has 25 heavy (non-hydrogen) atoms. The molecule has 5 rings (SSSR count). The first-order valence-electron chi connectivity index (χ1n) is 8.88. The normalized spacial score (nSPS) is 32.0. The van der Waals surface area contributed by atoms with Gasteiger partial charge >= 0.3 is 0 Å². The van der Waals surface area contributed by atoms with Crippen LogP contribution in [0.25, 0.3) is 10.8 Å². The maximum absolute atomic E-state index is 6.33. The fourth-order valence-corrected chi connectivity index (χ4v) is 4.07. The summed E-state index contributed by atoms with van der Waals surface area (Å²) >= 11 is 0. The lowest BCUT2D eigenvalue weighted by Gasteiger charge is -2.43. The molecule has 2 aromatic carbocycles. The second kappa shape index (κ2) is 5.50. The van der Waals surface area contributed by atoms with Crippen molar-refractivity contribution >= 4 is 10.8 Å². The van der Waals surface area contributed by atoms with Crippen molar-refractivity contribution in [3.8, 4) is 0 Å². The summed E-state index contributed by atoms with van der Waals surface area (Å²) in [6.45, 7) is 5.92. The third-order valence-corrected chi connectivity index (χ3v) is 5.35. The summed E-state index contributed by atoms with van der Waals surface area (Å²) in [5.74, 6) is -0.626. The molecule has 3 atom stereocenters. The van der Waals surface area contributed by atoms with Crippen molar-refractivity contribution in [3.63, 3.8) is 0 Å². The largest absolute Gasteiger partial charge is 0.367 e. The van der Waals surface area contributed by atoms with Crippen LogP contribution >= 0.6 is 0 Å². The quantitative estimate of drug-likeness (QED) is 0.930. The van der Waals surface area contributed by atoms with Gasteiger partial charge in [-0.2, -0.15) is 0 Å². The maximum Gasteiger partial charge on any atom is 0.190 e. The third kappa shape index (κ3) is 2.58. The predicted molar refractivity (Wildman–Crippen MR) is 93.0 cm³/mol. The molecule has 3 fully saturated rings. The van der Waals surface area contributed by atoms with Crippen LogP contribution in [0, 0.1) is 0 Å². The minimum Gasteiger partial charge on any atom is -0.367 e.